The van der Waals surface area contributed by atoms with E-state index in [1.807, 2.05) is 20.8 Å². The molecular formula is C31H34N2O9S. The Kier molecular flexibility index (Phi) is 10.6. The molecule has 0 N–H and O–H groups in total. The molecule has 0 saturated heterocycles. The molecule has 11 nitrogen and oxygen atoms in total. The lowest BCUT2D eigenvalue weighted by Gasteiger charge is -2.23. The first-order valence-corrected chi connectivity index (χ1v) is 14.7. The van der Waals surface area contributed by atoms with Gasteiger partial charge in [0.2, 0.25) is 0 Å². The van der Waals surface area contributed by atoms with E-state index in [1.165, 1.54) is 29.2 Å². The van der Waals surface area contributed by atoms with E-state index in [0.717, 1.165) is 0 Å². The van der Waals surface area contributed by atoms with E-state index >= 15 is 0 Å². The molecule has 2 heterocycles. The summed E-state index contributed by atoms with van der Waals surface area (Å²) in [7, 11) is 1.28. The fraction of sp³-hybridized carbons (Fsp3) is 0.355. The predicted molar refractivity (Wildman–Crippen MR) is 160 cm³/mol. The van der Waals surface area contributed by atoms with Crippen LogP contribution < -0.4 is 33.8 Å². The highest BCUT2D eigenvalue weighted by Gasteiger charge is 2.31. The van der Waals surface area contributed by atoms with E-state index in [-0.39, 0.29) is 24.3 Å². The maximum Gasteiger partial charge on any atom is 0.344 e. The van der Waals surface area contributed by atoms with Crippen LogP contribution >= 0.6 is 11.3 Å². The number of esters is 2. The summed E-state index contributed by atoms with van der Waals surface area (Å²) in [6.07, 6.45) is 3.15. The molecule has 1 aliphatic rings. The molecule has 0 radical (unpaired) electrons. The van der Waals surface area contributed by atoms with Crippen molar-refractivity contribution in [2.24, 2.45) is 4.99 Å². The summed E-state index contributed by atoms with van der Waals surface area (Å²) in [6, 6.07) is 9.65. The molecule has 4 rings (SSSR count). The van der Waals surface area contributed by atoms with Crippen molar-refractivity contribution >= 4 is 29.4 Å². The zero-order chi connectivity index (χ0) is 30.9. The number of rotatable bonds is 13. The van der Waals surface area contributed by atoms with E-state index in [4.69, 9.17) is 28.4 Å². The van der Waals surface area contributed by atoms with Crippen molar-refractivity contribution < 1.29 is 38.0 Å². The number of nitrogens with zero attached hydrogens (tertiary/aromatic N) is 2. The van der Waals surface area contributed by atoms with Gasteiger partial charge in [-0.3, -0.25) is 9.36 Å². The molecule has 0 aliphatic carbocycles. The van der Waals surface area contributed by atoms with Gasteiger partial charge in [-0.2, -0.15) is 0 Å². The van der Waals surface area contributed by atoms with Gasteiger partial charge in [-0.05, 0) is 69.2 Å². The summed E-state index contributed by atoms with van der Waals surface area (Å²) in [6.45, 7) is 8.50. The second kappa shape index (κ2) is 14.5. The number of carbonyl (C=O) groups is 2. The second-order valence-electron chi connectivity index (χ2n) is 8.98. The lowest BCUT2D eigenvalue weighted by molar-refractivity contribution is -0.145. The highest BCUT2D eigenvalue weighted by molar-refractivity contribution is 7.07. The number of hydrogen-bond acceptors (Lipinski definition) is 11. The van der Waals surface area contributed by atoms with Gasteiger partial charge < -0.3 is 28.4 Å². The second-order valence-corrected chi connectivity index (χ2v) is 9.99. The molecule has 43 heavy (non-hydrogen) atoms. The van der Waals surface area contributed by atoms with E-state index < -0.39 is 18.0 Å². The Hall–Kier alpha value is -4.58. The monoisotopic (exact) mass is 610 g/mol. The number of hydrogen-bond donors (Lipinski definition) is 0. The number of aromatic nitrogens is 1. The fourth-order valence-electron chi connectivity index (χ4n) is 4.48. The molecule has 1 atom stereocenters. The van der Waals surface area contributed by atoms with Crippen LogP contribution in [0.15, 0.2) is 58.0 Å². The third kappa shape index (κ3) is 7.08. The Morgan fingerprint density at radius 1 is 0.884 bits per heavy atom. The van der Waals surface area contributed by atoms with Crippen molar-refractivity contribution in [1.82, 2.24) is 4.57 Å². The van der Waals surface area contributed by atoms with Crippen LogP contribution in [-0.4, -0.2) is 56.6 Å². The van der Waals surface area contributed by atoms with Gasteiger partial charge >= 0.3 is 11.9 Å². The van der Waals surface area contributed by atoms with Crippen molar-refractivity contribution in [2.75, 3.05) is 40.1 Å². The number of ether oxygens (including phenoxy) is 6. The minimum atomic E-state index is -0.807. The minimum absolute atomic E-state index is 0.204. The summed E-state index contributed by atoms with van der Waals surface area (Å²) in [5.41, 5.74) is 1.17. The third-order valence-corrected chi connectivity index (χ3v) is 7.22. The van der Waals surface area contributed by atoms with Crippen LogP contribution in [0.3, 0.4) is 0 Å². The maximum atomic E-state index is 13.9. The molecule has 1 aromatic heterocycles. The van der Waals surface area contributed by atoms with Crippen LogP contribution in [0.1, 0.15) is 44.9 Å². The SMILES string of the molecule is CCOC(=O)COc1ccc(/C=c2\sc3n(c2=O)[C@@H](c2ccc(OCC)c(OCC)c2)C(C(=O)OC)=CN=3)cc1OCC. The van der Waals surface area contributed by atoms with E-state index in [9.17, 15) is 14.4 Å². The van der Waals surface area contributed by atoms with Gasteiger partial charge in [0.05, 0.1) is 49.7 Å². The summed E-state index contributed by atoms with van der Waals surface area (Å²) in [5.74, 6) is 0.753. The predicted octanol–water partition coefficient (Wildman–Crippen LogP) is 3.16. The molecule has 0 amide bonds. The zero-order valence-electron chi connectivity index (χ0n) is 24.7. The standard InChI is InChI=1S/C31H34N2O9S/c1-6-38-22-13-11-20(16-25(22)40-8-3)28-21(30(36)37-5)17-32-31-33(28)29(35)26(43-31)15-19-10-12-23(24(14-19)39-7-2)42-18-27(34)41-9-4/h10-17,28H,6-9,18H2,1-5H3/b26-15-/t28-/m0/s1. The molecule has 0 unspecified atom stereocenters. The van der Waals surface area contributed by atoms with Crippen LogP contribution in [-0.2, 0) is 19.1 Å². The van der Waals surface area contributed by atoms with Gasteiger partial charge in [-0.1, -0.05) is 23.5 Å². The third-order valence-electron chi connectivity index (χ3n) is 6.22. The van der Waals surface area contributed by atoms with E-state index in [0.29, 0.717) is 63.3 Å². The summed E-state index contributed by atoms with van der Waals surface area (Å²) < 4.78 is 34.7. The van der Waals surface area contributed by atoms with Crippen LogP contribution in [0, 0.1) is 0 Å². The van der Waals surface area contributed by atoms with E-state index in [2.05, 4.69) is 4.99 Å². The van der Waals surface area contributed by atoms with Crippen molar-refractivity contribution in [3.05, 3.63) is 79.0 Å². The quantitative estimate of drug-likeness (QED) is 0.269. The van der Waals surface area contributed by atoms with Gasteiger partial charge in [0, 0.05) is 6.20 Å². The highest BCUT2D eigenvalue weighted by Crippen LogP contribution is 2.35. The molecule has 12 heteroatoms. The molecule has 0 saturated carbocycles. The lowest BCUT2D eigenvalue weighted by atomic mass is 9.97. The molecule has 1 aliphatic heterocycles. The van der Waals surface area contributed by atoms with Gasteiger partial charge in [0.25, 0.3) is 5.56 Å². The molecule has 3 aromatic rings. The lowest BCUT2D eigenvalue weighted by Crippen LogP contribution is -2.39. The first-order chi connectivity index (χ1) is 20.8. The summed E-state index contributed by atoms with van der Waals surface area (Å²) in [5, 5.41) is 0. The summed E-state index contributed by atoms with van der Waals surface area (Å²) in [4.78, 5) is 43.3. The van der Waals surface area contributed by atoms with E-state index in [1.54, 1.807) is 49.4 Å². The molecule has 0 fully saturated rings. The van der Waals surface area contributed by atoms with Crippen molar-refractivity contribution in [2.45, 2.75) is 33.7 Å². The fourth-order valence-corrected chi connectivity index (χ4v) is 5.45. The Labute approximate surface area is 252 Å². The average molecular weight is 611 g/mol. The number of methoxy groups -OCH3 is 1. The Balaban J connectivity index is 1.79. The van der Waals surface area contributed by atoms with Gasteiger partial charge in [0.1, 0.15) is 0 Å². The van der Waals surface area contributed by atoms with Crippen molar-refractivity contribution in [3.8, 4) is 23.0 Å². The van der Waals surface area contributed by atoms with Crippen LogP contribution in [0.25, 0.3) is 6.08 Å². The first-order valence-electron chi connectivity index (χ1n) is 13.9. The molecule has 2 aromatic carbocycles. The maximum absolute atomic E-state index is 13.9. The van der Waals surface area contributed by atoms with Crippen LogP contribution in [0.2, 0.25) is 0 Å². The first kappa shape index (κ1) is 31.4. The number of benzene rings is 2. The van der Waals surface area contributed by atoms with Crippen molar-refractivity contribution in [3.63, 3.8) is 0 Å². The molecule has 0 spiro atoms. The molecular weight excluding hydrogens is 576 g/mol. The highest BCUT2D eigenvalue weighted by atomic mass is 32.1. The van der Waals surface area contributed by atoms with Gasteiger partial charge in [-0.25, -0.2) is 14.6 Å². The van der Waals surface area contributed by atoms with Gasteiger partial charge in [0.15, 0.2) is 34.4 Å². The van der Waals surface area contributed by atoms with Gasteiger partial charge in [-0.15, -0.1) is 0 Å². The number of thiazole rings is 1. The van der Waals surface area contributed by atoms with Crippen molar-refractivity contribution in [1.29, 1.82) is 0 Å². The average Bonchev–Trinajstić information content (AvgIpc) is 3.32. The minimum Gasteiger partial charge on any atom is -0.490 e. The summed E-state index contributed by atoms with van der Waals surface area (Å²) >= 11 is 1.19. The van der Waals surface area contributed by atoms with Crippen LogP contribution in [0.5, 0.6) is 23.0 Å². The largest absolute Gasteiger partial charge is 0.490 e. The Morgan fingerprint density at radius 2 is 1.53 bits per heavy atom. The number of carbonyl (C=O) groups excluding carboxylic acids is 2. The topological polar surface area (TPSA) is 124 Å². The Morgan fingerprint density at radius 3 is 2.21 bits per heavy atom. The molecule has 228 valence electrons. The Bertz CT molecular complexity index is 1690. The van der Waals surface area contributed by atoms with Crippen LogP contribution in [0.4, 0.5) is 0 Å². The number of fused-ring (bicyclic) bond motifs is 1. The normalized spacial score (nSPS) is 14.2. The smallest absolute Gasteiger partial charge is 0.344 e. The molecule has 0 bridgehead atoms. The zero-order valence-corrected chi connectivity index (χ0v) is 25.5.